The van der Waals surface area contributed by atoms with Gasteiger partial charge < -0.3 is 9.63 Å². The van der Waals surface area contributed by atoms with Gasteiger partial charge in [-0.15, -0.1) is 0 Å². The average molecular weight is 233 g/mol. The van der Waals surface area contributed by atoms with E-state index in [-0.39, 0.29) is 5.92 Å². The second-order valence-corrected chi connectivity index (χ2v) is 4.27. The van der Waals surface area contributed by atoms with Crippen molar-refractivity contribution in [1.29, 1.82) is 0 Å². The molecule has 0 amide bonds. The molecule has 1 atom stereocenters. The number of aliphatic hydroxyl groups is 1. The maximum Gasteiger partial charge on any atom is 0.229 e. The summed E-state index contributed by atoms with van der Waals surface area (Å²) in [5, 5.41) is 13.6. The summed E-state index contributed by atoms with van der Waals surface area (Å²) in [7, 11) is 0. The number of pyridine rings is 1. The van der Waals surface area contributed by atoms with E-state index >= 15 is 0 Å². The molecule has 2 heterocycles. The fourth-order valence-electron chi connectivity index (χ4n) is 1.36. The van der Waals surface area contributed by atoms with Gasteiger partial charge in [0.2, 0.25) is 11.7 Å². The van der Waals surface area contributed by atoms with Crippen LogP contribution in [0.4, 0.5) is 0 Å². The summed E-state index contributed by atoms with van der Waals surface area (Å²) in [4.78, 5) is 8.21. The summed E-state index contributed by atoms with van der Waals surface area (Å²) in [5.74, 6) is 1.12. The normalized spacial score (nSPS) is 12.9. The summed E-state index contributed by atoms with van der Waals surface area (Å²) < 4.78 is 5.09. The van der Waals surface area contributed by atoms with Crippen LogP contribution in [0.5, 0.6) is 0 Å². The van der Waals surface area contributed by atoms with Crippen LogP contribution in [-0.2, 0) is 6.42 Å². The van der Waals surface area contributed by atoms with Crippen LogP contribution in [0.2, 0.25) is 0 Å². The molecule has 0 saturated carbocycles. The van der Waals surface area contributed by atoms with E-state index in [1.54, 1.807) is 12.4 Å². The Labute approximate surface area is 99.5 Å². The van der Waals surface area contributed by atoms with Gasteiger partial charge in [-0.1, -0.05) is 19.0 Å². The molecule has 0 aliphatic rings. The molecule has 5 nitrogen and oxygen atoms in total. The highest BCUT2D eigenvalue weighted by atomic mass is 16.5. The largest absolute Gasteiger partial charge is 0.392 e. The van der Waals surface area contributed by atoms with Crippen molar-refractivity contribution in [2.75, 3.05) is 0 Å². The fraction of sp³-hybridized carbons (Fsp3) is 0.417. The van der Waals surface area contributed by atoms with E-state index in [1.807, 2.05) is 26.0 Å². The summed E-state index contributed by atoms with van der Waals surface area (Å²) >= 11 is 0. The molecule has 0 aliphatic carbocycles. The van der Waals surface area contributed by atoms with E-state index in [0.717, 1.165) is 5.56 Å². The van der Waals surface area contributed by atoms with Crippen molar-refractivity contribution in [2.24, 2.45) is 5.92 Å². The number of aromatic nitrogens is 3. The van der Waals surface area contributed by atoms with Gasteiger partial charge in [0.25, 0.3) is 0 Å². The second kappa shape index (κ2) is 5.05. The van der Waals surface area contributed by atoms with Crippen LogP contribution in [0.25, 0.3) is 11.4 Å². The first-order chi connectivity index (χ1) is 8.16. The molecular formula is C12H15N3O2. The maximum absolute atomic E-state index is 9.72. The van der Waals surface area contributed by atoms with Crippen molar-refractivity contribution in [3.05, 3.63) is 30.4 Å². The first kappa shape index (κ1) is 11.7. The van der Waals surface area contributed by atoms with Crippen LogP contribution in [-0.4, -0.2) is 26.3 Å². The minimum absolute atomic E-state index is 0.170. The SMILES string of the molecule is CC(C)C(O)Cc1nc(-c2cccnc2)no1. The van der Waals surface area contributed by atoms with E-state index in [1.165, 1.54) is 0 Å². The van der Waals surface area contributed by atoms with Crippen LogP contribution in [0.15, 0.2) is 29.0 Å². The Morgan fingerprint density at radius 2 is 2.24 bits per heavy atom. The molecule has 1 N–H and O–H groups in total. The third-order valence-corrected chi connectivity index (χ3v) is 2.54. The Morgan fingerprint density at radius 3 is 2.88 bits per heavy atom. The highest BCUT2D eigenvalue weighted by Crippen LogP contribution is 2.15. The number of aliphatic hydroxyl groups excluding tert-OH is 1. The summed E-state index contributed by atoms with van der Waals surface area (Å²) in [5.41, 5.74) is 0.807. The Kier molecular flexibility index (Phi) is 3.49. The minimum Gasteiger partial charge on any atom is -0.392 e. The number of nitrogens with zero attached hydrogens (tertiary/aromatic N) is 3. The van der Waals surface area contributed by atoms with E-state index in [9.17, 15) is 5.11 Å². The second-order valence-electron chi connectivity index (χ2n) is 4.27. The standard InChI is InChI=1S/C12H15N3O2/c1-8(2)10(16)6-11-14-12(15-17-11)9-4-3-5-13-7-9/h3-5,7-8,10,16H,6H2,1-2H3. The molecule has 2 rings (SSSR count). The Hall–Kier alpha value is -1.75. The molecule has 5 heteroatoms. The van der Waals surface area contributed by atoms with Crippen LogP contribution in [0, 0.1) is 5.92 Å². The van der Waals surface area contributed by atoms with Crippen molar-refractivity contribution in [1.82, 2.24) is 15.1 Å². The Bertz CT molecular complexity index is 468. The van der Waals surface area contributed by atoms with Crippen LogP contribution < -0.4 is 0 Å². The fourth-order valence-corrected chi connectivity index (χ4v) is 1.36. The molecule has 2 aromatic heterocycles. The van der Waals surface area contributed by atoms with Gasteiger partial charge in [-0.05, 0) is 18.1 Å². The lowest BCUT2D eigenvalue weighted by Gasteiger charge is -2.10. The van der Waals surface area contributed by atoms with E-state index < -0.39 is 6.10 Å². The number of rotatable bonds is 4. The molecule has 1 unspecified atom stereocenters. The third-order valence-electron chi connectivity index (χ3n) is 2.54. The van der Waals surface area contributed by atoms with Gasteiger partial charge >= 0.3 is 0 Å². The first-order valence-electron chi connectivity index (χ1n) is 5.58. The van der Waals surface area contributed by atoms with E-state index in [0.29, 0.717) is 18.1 Å². The van der Waals surface area contributed by atoms with E-state index in [2.05, 4.69) is 15.1 Å². The van der Waals surface area contributed by atoms with Gasteiger partial charge in [-0.3, -0.25) is 4.98 Å². The van der Waals surface area contributed by atoms with Gasteiger partial charge in [0.1, 0.15) is 0 Å². The number of hydrogen-bond donors (Lipinski definition) is 1. The lowest BCUT2D eigenvalue weighted by Crippen LogP contribution is -2.17. The average Bonchev–Trinajstić information content (AvgIpc) is 2.78. The minimum atomic E-state index is -0.461. The molecule has 0 fully saturated rings. The van der Waals surface area contributed by atoms with E-state index in [4.69, 9.17) is 4.52 Å². The van der Waals surface area contributed by atoms with Crippen LogP contribution in [0.3, 0.4) is 0 Å². The monoisotopic (exact) mass is 233 g/mol. The summed E-state index contributed by atoms with van der Waals surface area (Å²) in [6.07, 6.45) is 3.28. The first-order valence-corrected chi connectivity index (χ1v) is 5.58. The molecular weight excluding hydrogens is 218 g/mol. The van der Waals surface area contributed by atoms with Crippen molar-refractivity contribution < 1.29 is 9.63 Å². The molecule has 17 heavy (non-hydrogen) atoms. The van der Waals surface area contributed by atoms with Crippen LogP contribution >= 0.6 is 0 Å². The molecule has 0 saturated heterocycles. The van der Waals surface area contributed by atoms with Crippen molar-refractivity contribution >= 4 is 0 Å². The quantitative estimate of drug-likeness (QED) is 0.870. The maximum atomic E-state index is 9.72. The van der Waals surface area contributed by atoms with Gasteiger partial charge in [-0.25, -0.2) is 0 Å². The molecule has 90 valence electrons. The predicted molar refractivity (Wildman–Crippen MR) is 62.1 cm³/mol. The van der Waals surface area contributed by atoms with Gasteiger partial charge in [0.05, 0.1) is 12.5 Å². The van der Waals surface area contributed by atoms with Gasteiger partial charge in [0.15, 0.2) is 0 Å². The zero-order valence-corrected chi connectivity index (χ0v) is 9.87. The molecule has 0 spiro atoms. The molecule has 0 radical (unpaired) electrons. The lowest BCUT2D eigenvalue weighted by atomic mass is 10.0. The third kappa shape index (κ3) is 2.88. The zero-order chi connectivity index (χ0) is 12.3. The lowest BCUT2D eigenvalue weighted by molar-refractivity contribution is 0.116. The molecule has 0 bridgehead atoms. The zero-order valence-electron chi connectivity index (χ0n) is 9.87. The molecule has 2 aromatic rings. The topological polar surface area (TPSA) is 72.0 Å². The van der Waals surface area contributed by atoms with Crippen LogP contribution in [0.1, 0.15) is 19.7 Å². The van der Waals surface area contributed by atoms with Crippen molar-refractivity contribution in [3.63, 3.8) is 0 Å². The molecule has 0 aromatic carbocycles. The predicted octanol–water partition coefficient (Wildman–Crippen LogP) is 1.69. The van der Waals surface area contributed by atoms with Gasteiger partial charge in [0, 0.05) is 18.0 Å². The van der Waals surface area contributed by atoms with Crippen molar-refractivity contribution in [3.8, 4) is 11.4 Å². The van der Waals surface area contributed by atoms with Crippen molar-refractivity contribution in [2.45, 2.75) is 26.4 Å². The Balaban J connectivity index is 2.12. The highest BCUT2D eigenvalue weighted by molar-refractivity contribution is 5.51. The summed E-state index contributed by atoms with van der Waals surface area (Å²) in [6.45, 7) is 3.89. The highest BCUT2D eigenvalue weighted by Gasteiger charge is 2.15. The van der Waals surface area contributed by atoms with Gasteiger partial charge in [-0.2, -0.15) is 4.98 Å². The smallest absolute Gasteiger partial charge is 0.229 e. The summed E-state index contributed by atoms with van der Waals surface area (Å²) in [6, 6.07) is 3.68. The Morgan fingerprint density at radius 1 is 1.41 bits per heavy atom. The molecule has 0 aliphatic heterocycles. The number of hydrogen-bond acceptors (Lipinski definition) is 5.